The molecular formula is C25H48N2O5Si2. The quantitative estimate of drug-likeness (QED) is 0.474. The van der Waals surface area contributed by atoms with Crippen molar-refractivity contribution in [1.82, 2.24) is 9.55 Å². The SMILES string of the molecule is CC[C@H]1O[C@@H](c2c(C)n(CO[Si](C)(C)C(C)(C)C)c(=O)[nH]c2=O)C(O[Si](C)(C)C(C)(C)C)[C@H]1C. The van der Waals surface area contributed by atoms with Crippen molar-refractivity contribution in [2.24, 2.45) is 5.92 Å². The van der Waals surface area contributed by atoms with Crippen molar-refractivity contribution in [1.29, 1.82) is 0 Å². The zero-order valence-electron chi connectivity index (χ0n) is 23.7. The summed E-state index contributed by atoms with van der Waals surface area (Å²) in [5.41, 5.74) is 0.212. The van der Waals surface area contributed by atoms with Crippen LogP contribution in [-0.4, -0.2) is 38.4 Å². The smallest absolute Gasteiger partial charge is 0.330 e. The van der Waals surface area contributed by atoms with Gasteiger partial charge in [0.05, 0.1) is 17.8 Å². The average Bonchev–Trinajstić information content (AvgIpc) is 2.94. The van der Waals surface area contributed by atoms with Crippen LogP contribution < -0.4 is 11.2 Å². The Bertz CT molecular complexity index is 985. The molecule has 1 fully saturated rings. The lowest BCUT2D eigenvalue weighted by Gasteiger charge is -2.40. The largest absolute Gasteiger partial charge is 0.411 e. The second-order valence-electron chi connectivity index (χ2n) is 12.9. The summed E-state index contributed by atoms with van der Waals surface area (Å²) in [5, 5.41) is 0.0365. The number of hydrogen-bond donors (Lipinski definition) is 1. The van der Waals surface area contributed by atoms with Crippen LogP contribution in [0.4, 0.5) is 0 Å². The Balaban J connectivity index is 2.54. The van der Waals surface area contributed by atoms with Crippen LogP contribution in [0.1, 0.15) is 79.2 Å². The van der Waals surface area contributed by atoms with E-state index in [1.54, 1.807) is 0 Å². The fourth-order valence-corrected chi connectivity index (χ4v) is 6.15. The standard InChI is InChI=1S/C25H48N2O5Si2/c1-14-18-16(2)20(32-34(12,13)25(7,8)9)21(31-18)19-17(3)27(23(29)26-22(19)28)15-30-33(10,11)24(4,5)6/h16,18,20-21H,14-15H2,1-13H3,(H,26,28,29)/t16-,18+,20?,21-/m0/s1. The third-order valence-corrected chi connectivity index (χ3v) is 17.5. The zero-order chi connectivity index (χ0) is 26.4. The van der Waals surface area contributed by atoms with Gasteiger partial charge in [0.15, 0.2) is 16.6 Å². The maximum atomic E-state index is 13.1. The number of hydrogen-bond acceptors (Lipinski definition) is 5. The third kappa shape index (κ3) is 5.69. The first-order valence-electron chi connectivity index (χ1n) is 12.6. The molecule has 0 bridgehead atoms. The van der Waals surface area contributed by atoms with E-state index < -0.39 is 34.0 Å². The van der Waals surface area contributed by atoms with Crippen molar-refractivity contribution in [2.45, 2.75) is 130 Å². The number of nitrogens with zero attached hydrogens (tertiary/aromatic N) is 1. The maximum Gasteiger partial charge on any atom is 0.330 e. The summed E-state index contributed by atoms with van der Waals surface area (Å²) in [6.07, 6.45) is 0.0398. The minimum Gasteiger partial charge on any atom is -0.411 e. The highest BCUT2D eigenvalue weighted by atomic mass is 28.4. The molecule has 7 nitrogen and oxygen atoms in total. The summed E-state index contributed by atoms with van der Waals surface area (Å²) < 4.78 is 21.2. The van der Waals surface area contributed by atoms with Gasteiger partial charge in [0.25, 0.3) is 5.56 Å². The first-order valence-corrected chi connectivity index (χ1v) is 18.4. The number of rotatable bonds is 7. The third-order valence-electron chi connectivity index (χ3n) is 8.51. The molecule has 0 radical (unpaired) electrons. The monoisotopic (exact) mass is 512 g/mol. The van der Waals surface area contributed by atoms with E-state index in [0.717, 1.165) is 6.42 Å². The van der Waals surface area contributed by atoms with Gasteiger partial charge < -0.3 is 13.6 Å². The van der Waals surface area contributed by atoms with Crippen LogP contribution in [-0.2, 0) is 20.3 Å². The molecule has 1 aliphatic heterocycles. The summed E-state index contributed by atoms with van der Waals surface area (Å²) in [5.74, 6) is 0.131. The molecule has 1 N–H and O–H groups in total. The highest BCUT2D eigenvalue weighted by Crippen LogP contribution is 2.45. The van der Waals surface area contributed by atoms with Gasteiger partial charge in [-0.3, -0.25) is 14.3 Å². The molecule has 1 aromatic heterocycles. The van der Waals surface area contributed by atoms with Crippen LogP contribution >= 0.6 is 0 Å². The Labute approximate surface area is 207 Å². The highest BCUT2D eigenvalue weighted by molar-refractivity contribution is 6.74. The Kier molecular flexibility index (Phi) is 8.43. The van der Waals surface area contributed by atoms with Crippen LogP contribution in [0.5, 0.6) is 0 Å². The van der Waals surface area contributed by atoms with E-state index in [4.69, 9.17) is 13.6 Å². The molecule has 34 heavy (non-hydrogen) atoms. The molecule has 0 saturated carbocycles. The number of nitrogens with one attached hydrogen (secondary N) is 1. The number of aromatic amines is 1. The summed E-state index contributed by atoms with van der Waals surface area (Å²) >= 11 is 0. The van der Waals surface area contributed by atoms with Crippen LogP contribution in [0.25, 0.3) is 0 Å². The van der Waals surface area contributed by atoms with E-state index in [0.29, 0.717) is 11.3 Å². The lowest BCUT2D eigenvalue weighted by Crippen LogP contribution is -2.47. The minimum absolute atomic E-state index is 0.00990. The Hall–Kier alpha value is -1.01. The molecular weight excluding hydrogens is 464 g/mol. The first kappa shape index (κ1) is 29.2. The highest BCUT2D eigenvalue weighted by Gasteiger charge is 2.49. The van der Waals surface area contributed by atoms with Gasteiger partial charge in [-0.05, 0) is 49.6 Å². The predicted octanol–water partition coefficient (Wildman–Crippen LogP) is 5.70. The molecule has 2 rings (SSSR count). The number of H-pyrrole nitrogens is 1. The molecule has 0 spiro atoms. The second-order valence-corrected chi connectivity index (χ2v) is 22.5. The van der Waals surface area contributed by atoms with E-state index in [1.165, 1.54) is 4.57 Å². The van der Waals surface area contributed by atoms with E-state index >= 15 is 0 Å². The van der Waals surface area contributed by atoms with Crippen molar-refractivity contribution >= 4 is 16.6 Å². The van der Waals surface area contributed by atoms with Crippen molar-refractivity contribution in [3.8, 4) is 0 Å². The van der Waals surface area contributed by atoms with E-state index in [-0.39, 0.29) is 34.9 Å². The van der Waals surface area contributed by atoms with E-state index in [9.17, 15) is 9.59 Å². The summed E-state index contributed by atoms with van der Waals surface area (Å²) in [6, 6.07) is 0. The van der Waals surface area contributed by atoms with Gasteiger partial charge >= 0.3 is 5.69 Å². The van der Waals surface area contributed by atoms with E-state index in [1.807, 2.05) is 6.92 Å². The topological polar surface area (TPSA) is 82.5 Å². The number of aromatic nitrogens is 2. The fourth-order valence-electron chi connectivity index (χ4n) is 3.89. The maximum absolute atomic E-state index is 13.1. The van der Waals surface area contributed by atoms with Crippen LogP contribution in [0.15, 0.2) is 9.59 Å². The van der Waals surface area contributed by atoms with Crippen molar-refractivity contribution in [3.63, 3.8) is 0 Å². The average molecular weight is 513 g/mol. The van der Waals surface area contributed by atoms with E-state index in [2.05, 4.69) is 86.6 Å². The molecule has 1 aromatic rings. The van der Waals surface area contributed by atoms with Crippen molar-refractivity contribution in [3.05, 3.63) is 32.1 Å². The van der Waals surface area contributed by atoms with Crippen LogP contribution in [0, 0.1) is 12.8 Å². The molecule has 1 aliphatic rings. The van der Waals surface area contributed by atoms with Crippen molar-refractivity contribution in [2.75, 3.05) is 0 Å². The van der Waals surface area contributed by atoms with Gasteiger partial charge in [-0.2, -0.15) is 0 Å². The summed E-state index contributed by atoms with van der Waals surface area (Å²) in [7, 11) is -4.22. The summed E-state index contributed by atoms with van der Waals surface area (Å²) in [4.78, 5) is 28.5. The van der Waals surface area contributed by atoms with Gasteiger partial charge in [-0.1, -0.05) is 55.4 Å². The van der Waals surface area contributed by atoms with Crippen LogP contribution in [0.3, 0.4) is 0 Å². The normalized spacial score (nSPS) is 24.6. The Morgan fingerprint density at radius 2 is 1.53 bits per heavy atom. The van der Waals surface area contributed by atoms with Crippen molar-refractivity contribution < 1.29 is 13.6 Å². The molecule has 1 unspecified atom stereocenters. The molecule has 0 aliphatic carbocycles. The Morgan fingerprint density at radius 1 is 1.00 bits per heavy atom. The van der Waals surface area contributed by atoms with Gasteiger partial charge in [-0.25, -0.2) is 4.79 Å². The molecule has 4 atom stereocenters. The molecule has 2 heterocycles. The molecule has 1 saturated heterocycles. The van der Waals surface area contributed by atoms with Gasteiger partial charge in [-0.15, -0.1) is 0 Å². The second kappa shape index (κ2) is 9.80. The van der Waals surface area contributed by atoms with Gasteiger partial charge in [0.2, 0.25) is 0 Å². The van der Waals surface area contributed by atoms with Crippen LogP contribution in [0.2, 0.25) is 36.3 Å². The predicted molar refractivity (Wildman–Crippen MR) is 143 cm³/mol. The zero-order valence-corrected chi connectivity index (χ0v) is 25.7. The Morgan fingerprint density at radius 3 is 2.00 bits per heavy atom. The minimum atomic E-state index is -2.13. The molecule has 196 valence electrons. The molecule has 0 aromatic carbocycles. The molecule has 0 amide bonds. The van der Waals surface area contributed by atoms with Gasteiger partial charge in [0, 0.05) is 11.6 Å². The summed E-state index contributed by atoms with van der Waals surface area (Å²) in [6.45, 7) is 28.0. The first-order chi connectivity index (χ1) is 15.2. The lowest BCUT2D eigenvalue weighted by molar-refractivity contribution is 0.00880. The van der Waals surface area contributed by atoms with Gasteiger partial charge in [0.1, 0.15) is 12.8 Å². The number of ether oxygens (including phenoxy) is 1. The lowest BCUT2D eigenvalue weighted by atomic mass is 9.94. The fraction of sp³-hybridized carbons (Fsp3) is 0.840. The molecule has 9 heteroatoms.